The Morgan fingerprint density at radius 2 is 1.91 bits per heavy atom. The highest BCUT2D eigenvalue weighted by atomic mass is 32.2. The minimum Gasteiger partial charge on any atom is -0.478 e. The van der Waals surface area contributed by atoms with E-state index in [1.54, 1.807) is 37.0 Å². The van der Waals surface area contributed by atoms with Crippen LogP contribution in [-0.2, 0) is 14.3 Å². The molecule has 0 spiro atoms. The number of ether oxygens (including phenoxy) is 1. The lowest BCUT2D eigenvalue weighted by atomic mass is 10.1. The van der Waals surface area contributed by atoms with Gasteiger partial charge in [0.1, 0.15) is 11.6 Å². The van der Waals surface area contributed by atoms with Crippen LogP contribution in [-0.4, -0.2) is 57.8 Å². The normalized spacial score (nSPS) is 18.5. The second-order valence-electron chi connectivity index (χ2n) is 8.78. The first-order valence-electron chi connectivity index (χ1n) is 10.5. The standard InChI is InChI=1S/C23H27N3O6S2/c1-13-8-9-17(34-13)19-25(16(12-33-19)21(30)32-23(2,3)4)11-18(27)26(22(24)31)15-7-5-6-14(10-15)20(28)29/h5-10,16,19H,11-12H2,1-4H3,(H2,24,31)(H,28,29)/t16-,19+/m0/s1. The maximum Gasteiger partial charge on any atom is 0.335 e. The zero-order valence-corrected chi connectivity index (χ0v) is 20.9. The Labute approximate surface area is 205 Å². The summed E-state index contributed by atoms with van der Waals surface area (Å²) in [7, 11) is 0. The fraction of sp³-hybridized carbons (Fsp3) is 0.391. The molecule has 1 fully saturated rings. The summed E-state index contributed by atoms with van der Waals surface area (Å²) in [5, 5.41) is 8.98. The second kappa shape index (κ2) is 10.2. The van der Waals surface area contributed by atoms with Crippen LogP contribution in [0.2, 0.25) is 0 Å². The summed E-state index contributed by atoms with van der Waals surface area (Å²) in [5.41, 5.74) is 4.75. The van der Waals surface area contributed by atoms with Gasteiger partial charge in [0.05, 0.1) is 23.2 Å². The van der Waals surface area contributed by atoms with Gasteiger partial charge in [0.15, 0.2) is 0 Å². The topological polar surface area (TPSA) is 130 Å². The van der Waals surface area contributed by atoms with Gasteiger partial charge < -0.3 is 15.6 Å². The number of primary amides is 1. The third-order valence-electron chi connectivity index (χ3n) is 4.94. The number of hydrogen-bond donors (Lipinski definition) is 2. The van der Waals surface area contributed by atoms with Crippen LogP contribution in [0.1, 0.15) is 46.3 Å². The Balaban J connectivity index is 1.93. The van der Waals surface area contributed by atoms with E-state index in [0.29, 0.717) is 5.75 Å². The molecular weight excluding hydrogens is 478 g/mol. The van der Waals surface area contributed by atoms with Gasteiger partial charge >= 0.3 is 18.0 Å². The van der Waals surface area contributed by atoms with Crippen molar-refractivity contribution in [3.05, 3.63) is 51.7 Å². The van der Waals surface area contributed by atoms with E-state index in [9.17, 15) is 24.3 Å². The molecule has 1 aliphatic rings. The number of hydrogen-bond acceptors (Lipinski definition) is 8. The number of carbonyl (C=O) groups excluding carboxylic acids is 3. The summed E-state index contributed by atoms with van der Waals surface area (Å²) >= 11 is 3.08. The predicted octanol–water partition coefficient (Wildman–Crippen LogP) is 3.62. The Hall–Kier alpha value is -2.89. The van der Waals surface area contributed by atoms with Crippen LogP contribution in [0.25, 0.3) is 0 Å². The number of benzene rings is 1. The molecule has 2 aromatic rings. The van der Waals surface area contributed by atoms with Crippen molar-refractivity contribution in [3.63, 3.8) is 0 Å². The molecule has 3 amide bonds. The van der Waals surface area contributed by atoms with Gasteiger partial charge in [0.25, 0.3) is 0 Å². The van der Waals surface area contributed by atoms with Gasteiger partial charge in [-0.3, -0.25) is 14.5 Å². The number of nitrogens with two attached hydrogens (primary N) is 1. The number of esters is 1. The lowest BCUT2D eigenvalue weighted by molar-refractivity contribution is -0.160. The van der Waals surface area contributed by atoms with Crippen LogP contribution in [0.3, 0.4) is 0 Å². The average Bonchev–Trinajstić information content (AvgIpc) is 3.32. The monoisotopic (exact) mass is 505 g/mol. The fourth-order valence-corrected chi connectivity index (χ4v) is 6.11. The Bertz CT molecular complexity index is 1110. The molecule has 11 heteroatoms. The van der Waals surface area contributed by atoms with Crippen molar-refractivity contribution in [2.45, 2.75) is 44.7 Å². The van der Waals surface area contributed by atoms with Crippen LogP contribution in [0.5, 0.6) is 0 Å². The molecule has 3 N–H and O–H groups in total. The number of urea groups is 1. The average molecular weight is 506 g/mol. The highest BCUT2D eigenvalue weighted by Gasteiger charge is 2.43. The Morgan fingerprint density at radius 1 is 1.21 bits per heavy atom. The number of nitrogens with zero attached hydrogens (tertiary/aromatic N) is 2. The van der Waals surface area contributed by atoms with Crippen molar-refractivity contribution in [1.82, 2.24) is 4.90 Å². The summed E-state index contributed by atoms with van der Waals surface area (Å²) in [6, 6.07) is 7.57. The third-order valence-corrected chi connectivity index (χ3v) is 7.49. The molecule has 1 aromatic heterocycles. The van der Waals surface area contributed by atoms with Gasteiger partial charge in [-0.15, -0.1) is 23.1 Å². The molecule has 2 heterocycles. The molecule has 1 aliphatic heterocycles. The van der Waals surface area contributed by atoms with Gasteiger partial charge in [-0.25, -0.2) is 14.5 Å². The summed E-state index contributed by atoms with van der Waals surface area (Å²) in [6.45, 7) is 6.99. The predicted molar refractivity (Wildman–Crippen MR) is 131 cm³/mol. The highest BCUT2D eigenvalue weighted by Crippen LogP contribution is 2.44. The van der Waals surface area contributed by atoms with Crippen LogP contribution < -0.4 is 10.6 Å². The lowest BCUT2D eigenvalue weighted by Crippen LogP contribution is -2.50. The maximum absolute atomic E-state index is 13.3. The van der Waals surface area contributed by atoms with Gasteiger partial charge in [0.2, 0.25) is 5.91 Å². The van der Waals surface area contributed by atoms with Crippen LogP contribution >= 0.6 is 23.1 Å². The summed E-state index contributed by atoms with van der Waals surface area (Å²) < 4.78 is 5.59. The van der Waals surface area contributed by atoms with Gasteiger partial charge in [0, 0.05) is 15.5 Å². The van der Waals surface area contributed by atoms with Crippen LogP contribution in [0, 0.1) is 6.92 Å². The quantitative estimate of drug-likeness (QED) is 0.569. The van der Waals surface area contributed by atoms with Crippen molar-refractivity contribution in [2.75, 3.05) is 17.2 Å². The van der Waals surface area contributed by atoms with Crippen molar-refractivity contribution in [3.8, 4) is 0 Å². The lowest BCUT2D eigenvalue weighted by Gasteiger charge is -2.30. The SMILES string of the molecule is Cc1ccc([C@H]2SC[C@@H](C(=O)OC(C)(C)C)N2CC(=O)N(C(N)=O)c2cccc(C(=O)O)c2)s1. The first kappa shape index (κ1) is 25.7. The number of carboxylic acid groups (broad SMARTS) is 1. The van der Waals surface area contributed by atoms with E-state index in [1.165, 1.54) is 36.0 Å². The number of carboxylic acids is 1. The van der Waals surface area contributed by atoms with E-state index < -0.39 is 35.5 Å². The molecule has 3 rings (SSSR count). The van der Waals surface area contributed by atoms with Gasteiger partial charge in [-0.05, 0) is 58.0 Å². The second-order valence-corrected chi connectivity index (χ2v) is 11.2. The molecule has 34 heavy (non-hydrogen) atoms. The molecule has 9 nitrogen and oxygen atoms in total. The van der Waals surface area contributed by atoms with Gasteiger partial charge in [-0.1, -0.05) is 6.07 Å². The van der Waals surface area contributed by atoms with E-state index in [2.05, 4.69) is 0 Å². The molecule has 0 aliphatic carbocycles. The zero-order chi connectivity index (χ0) is 25.2. The van der Waals surface area contributed by atoms with Crippen molar-refractivity contribution in [2.24, 2.45) is 5.73 Å². The van der Waals surface area contributed by atoms with Crippen molar-refractivity contribution < 1.29 is 29.0 Å². The summed E-state index contributed by atoms with van der Waals surface area (Å²) in [4.78, 5) is 54.4. The van der Waals surface area contributed by atoms with Crippen LogP contribution in [0.15, 0.2) is 36.4 Å². The molecule has 0 saturated carbocycles. The minimum absolute atomic E-state index is 0.0431. The smallest absolute Gasteiger partial charge is 0.335 e. The van der Waals surface area contributed by atoms with E-state index >= 15 is 0 Å². The van der Waals surface area contributed by atoms with Crippen molar-refractivity contribution in [1.29, 1.82) is 0 Å². The molecule has 182 valence electrons. The summed E-state index contributed by atoms with van der Waals surface area (Å²) in [6.07, 6.45) is 0. The molecule has 0 radical (unpaired) electrons. The fourth-order valence-electron chi connectivity index (χ4n) is 3.53. The van der Waals surface area contributed by atoms with E-state index in [1.807, 2.05) is 19.1 Å². The number of aromatic carboxylic acids is 1. The highest BCUT2D eigenvalue weighted by molar-refractivity contribution is 7.99. The number of amides is 3. The van der Waals surface area contributed by atoms with E-state index in [0.717, 1.165) is 14.7 Å². The number of imide groups is 1. The van der Waals surface area contributed by atoms with E-state index in [-0.39, 0.29) is 23.2 Å². The van der Waals surface area contributed by atoms with Crippen LogP contribution in [0.4, 0.5) is 10.5 Å². The largest absolute Gasteiger partial charge is 0.478 e. The number of rotatable bonds is 6. The van der Waals surface area contributed by atoms with Crippen molar-refractivity contribution >= 4 is 52.7 Å². The molecule has 0 unspecified atom stereocenters. The maximum atomic E-state index is 13.3. The number of carbonyl (C=O) groups is 4. The minimum atomic E-state index is -1.20. The molecule has 1 saturated heterocycles. The molecule has 2 atom stereocenters. The number of thioether (sulfide) groups is 1. The Kier molecular flexibility index (Phi) is 7.69. The Morgan fingerprint density at radius 3 is 2.47 bits per heavy atom. The first-order valence-corrected chi connectivity index (χ1v) is 12.4. The summed E-state index contributed by atoms with van der Waals surface area (Å²) in [5.74, 6) is -1.92. The first-order chi connectivity index (χ1) is 15.9. The number of anilines is 1. The molecule has 0 bridgehead atoms. The number of thiophene rings is 1. The number of aryl methyl sites for hydroxylation is 1. The van der Waals surface area contributed by atoms with E-state index in [4.69, 9.17) is 10.5 Å². The molecule has 1 aromatic carbocycles. The molecular formula is C23H27N3O6S2. The third kappa shape index (κ3) is 5.96. The zero-order valence-electron chi connectivity index (χ0n) is 19.3. The van der Waals surface area contributed by atoms with Gasteiger partial charge in [-0.2, -0.15) is 0 Å².